The fourth-order valence-corrected chi connectivity index (χ4v) is 6.03. The summed E-state index contributed by atoms with van der Waals surface area (Å²) in [5.74, 6) is 3.41. The molecular weight excluding hydrogens is 288 g/mol. The van der Waals surface area contributed by atoms with Crippen LogP contribution < -0.4 is 10.6 Å². The third-order valence-electron chi connectivity index (χ3n) is 6.89. The van der Waals surface area contributed by atoms with E-state index in [1.54, 1.807) is 0 Å². The number of rotatable bonds is 4. The lowest BCUT2D eigenvalue weighted by Gasteiger charge is -2.42. The molecule has 0 saturated heterocycles. The van der Waals surface area contributed by atoms with Crippen molar-refractivity contribution in [3.8, 4) is 0 Å². The fourth-order valence-electron chi connectivity index (χ4n) is 5.68. The number of hydrogen-bond acceptors (Lipinski definition) is 1. The summed E-state index contributed by atoms with van der Waals surface area (Å²) < 4.78 is 0. The van der Waals surface area contributed by atoms with E-state index in [0.29, 0.717) is 11.6 Å². The van der Waals surface area contributed by atoms with E-state index in [1.807, 2.05) is 0 Å². The van der Waals surface area contributed by atoms with Gasteiger partial charge in [0.15, 0.2) is 5.11 Å². The Hall–Kier alpha value is -0.310. The van der Waals surface area contributed by atoms with Crippen molar-refractivity contribution in [1.82, 2.24) is 10.6 Å². The summed E-state index contributed by atoms with van der Waals surface area (Å²) in [6, 6.07) is 0.584. The largest absolute Gasteiger partial charge is 0.359 e. The summed E-state index contributed by atoms with van der Waals surface area (Å²) in [6.07, 6.45) is 12.1. The molecule has 0 aromatic carbocycles. The Balaban J connectivity index is 1.61. The van der Waals surface area contributed by atoms with E-state index in [-0.39, 0.29) is 0 Å². The predicted molar refractivity (Wildman–Crippen MR) is 97.9 cm³/mol. The quantitative estimate of drug-likeness (QED) is 0.738. The van der Waals surface area contributed by atoms with Crippen LogP contribution in [0.2, 0.25) is 0 Å². The first-order valence-electron chi connectivity index (χ1n) is 9.64. The molecule has 0 spiro atoms. The third kappa shape index (κ3) is 3.29. The van der Waals surface area contributed by atoms with Crippen molar-refractivity contribution in [2.45, 2.75) is 90.1 Å². The lowest BCUT2D eigenvalue weighted by molar-refractivity contribution is 0.148. The monoisotopic (exact) mass is 322 g/mol. The minimum atomic E-state index is 0.347. The van der Waals surface area contributed by atoms with Gasteiger partial charge in [-0.1, -0.05) is 33.6 Å². The van der Waals surface area contributed by atoms with Gasteiger partial charge in [0.2, 0.25) is 0 Å². The second-order valence-corrected chi connectivity index (χ2v) is 8.87. The Labute approximate surface area is 142 Å². The van der Waals surface area contributed by atoms with Gasteiger partial charge < -0.3 is 10.6 Å². The molecule has 2 N–H and O–H groups in total. The number of nitrogens with one attached hydrogen (secondary N) is 2. The molecule has 0 aromatic rings. The van der Waals surface area contributed by atoms with Gasteiger partial charge in [0.25, 0.3) is 0 Å². The van der Waals surface area contributed by atoms with Gasteiger partial charge in [0.1, 0.15) is 0 Å². The maximum absolute atomic E-state index is 5.74. The summed E-state index contributed by atoms with van der Waals surface area (Å²) in [5, 5.41) is 8.46. The summed E-state index contributed by atoms with van der Waals surface area (Å²) in [5.41, 5.74) is 0.347. The molecule has 3 heteroatoms. The van der Waals surface area contributed by atoms with Gasteiger partial charge in [-0.25, -0.2) is 0 Å². The van der Waals surface area contributed by atoms with Crippen LogP contribution >= 0.6 is 12.2 Å². The normalized spacial score (nSPS) is 44.0. The van der Waals surface area contributed by atoms with Crippen LogP contribution in [0.25, 0.3) is 0 Å². The average molecular weight is 323 g/mol. The van der Waals surface area contributed by atoms with Gasteiger partial charge in [-0.3, -0.25) is 0 Å². The van der Waals surface area contributed by atoms with Crippen LogP contribution in [0.1, 0.15) is 78.6 Å². The Morgan fingerprint density at radius 1 is 1.09 bits per heavy atom. The van der Waals surface area contributed by atoms with Crippen LogP contribution in [0.15, 0.2) is 0 Å². The first-order chi connectivity index (χ1) is 10.5. The van der Waals surface area contributed by atoms with Crippen molar-refractivity contribution in [2.75, 3.05) is 0 Å². The fraction of sp³-hybridized carbons (Fsp3) is 0.947. The van der Waals surface area contributed by atoms with Crippen molar-refractivity contribution in [1.29, 1.82) is 0 Å². The maximum atomic E-state index is 5.74. The highest BCUT2D eigenvalue weighted by molar-refractivity contribution is 7.80. The zero-order chi connectivity index (χ0) is 15.7. The average Bonchev–Trinajstić information content (AvgIpc) is 3.08. The molecule has 2 nitrogen and oxygen atoms in total. The number of thiocarbonyl (C=S) groups is 1. The third-order valence-corrected chi connectivity index (χ3v) is 7.11. The van der Waals surface area contributed by atoms with Crippen LogP contribution in [0.4, 0.5) is 0 Å². The lowest BCUT2D eigenvalue weighted by Crippen LogP contribution is -2.56. The summed E-state index contributed by atoms with van der Waals surface area (Å²) in [4.78, 5) is 0. The molecule has 3 fully saturated rings. The molecule has 2 unspecified atom stereocenters. The Morgan fingerprint density at radius 3 is 2.14 bits per heavy atom. The topological polar surface area (TPSA) is 24.1 Å². The minimum Gasteiger partial charge on any atom is -0.359 e. The van der Waals surface area contributed by atoms with E-state index in [2.05, 4.69) is 31.4 Å². The lowest BCUT2D eigenvalue weighted by atomic mass is 9.70. The summed E-state index contributed by atoms with van der Waals surface area (Å²) in [6.45, 7) is 7.11. The van der Waals surface area contributed by atoms with Gasteiger partial charge in [0.05, 0.1) is 0 Å². The molecule has 3 aliphatic carbocycles. The first kappa shape index (κ1) is 16.5. The SMILES string of the molecule is CCC1CC(C)CC(CC)C1NC(=S)NC12CCC(CC1)C2. The molecule has 2 bridgehead atoms. The van der Waals surface area contributed by atoms with Gasteiger partial charge in [-0.2, -0.15) is 0 Å². The zero-order valence-electron chi connectivity index (χ0n) is 14.7. The molecule has 0 heterocycles. The van der Waals surface area contributed by atoms with Crippen LogP contribution in [-0.4, -0.2) is 16.7 Å². The molecule has 0 aliphatic heterocycles. The van der Waals surface area contributed by atoms with Crippen molar-refractivity contribution in [2.24, 2.45) is 23.7 Å². The highest BCUT2D eigenvalue weighted by Crippen LogP contribution is 2.47. The molecule has 0 amide bonds. The minimum absolute atomic E-state index is 0.347. The van der Waals surface area contributed by atoms with Crippen LogP contribution in [0.3, 0.4) is 0 Å². The summed E-state index contributed by atoms with van der Waals surface area (Å²) >= 11 is 5.74. The second-order valence-electron chi connectivity index (χ2n) is 8.47. The Morgan fingerprint density at radius 2 is 1.68 bits per heavy atom. The maximum Gasteiger partial charge on any atom is 0.166 e. The van der Waals surface area contributed by atoms with Crippen molar-refractivity contribution >= 4 is 17.3 Å². The molecule has 3 aliphatic rings. The first-order valence-corrected chi connectivity index (χ1v) is 10.0. The summed E-state index contributed by atoms with van der Waals surface area (Å²) in [7, 11) is 0. The smallest absolute Gasteiger partial charge is 0.166 e. The van der Waals surface area contributed by atoms with Crippen LogP contribution in [-0.2, 0) is 0 Å². The molecule has 3 saturated carbocycles. The van der Waals surface area contributed by atoms with E-state index in [4.69, 9.17) is 12.2 Å². The number of hydrogen-bond donors (Lipinski definition) is 2. The van der Waals surface area contributed by atoms with Crippen LogP contribution in [0, 0.1) is 23.7 Å². The van der Waals surface area contributed by atoms with E-state index in [1.165, 1.54) is 57.8 Å². The highest BCUT2D eigenvalue weighted by Gasteiger charge is 2.45. The Bertz CT molecular complexity index is 386. The van der Waals surface area contributed by atoms with Crippen molar-refractivity contribution in [3.63, 3.8) is 0 Å². The van der Waals surface area contributed by atoms with E-state index < -0.39 is 0 Å². The molecule has 0 radical (unpaired) electrons. The van der Waals surface area contributed by atoms with Crippen LogP contribution in [0.5, 0.6) is 0 Å². The highest BCUT2D eigenvalue weighted by atomic mass is 32.1. The molecule has 3 rings (SSSR count). The van der Waals surface area contributed by atoms with E-state index in [9.17, 15) is 0 Å². The van der Waals surface area contributed by atoms with Gasteiger partial charge >= 0.3 is 0 Å². The number of fused-ring (bicyclic) bond motifs is 2. The zero-order valence-corrected chi connectivity index (χ0v) is 15.5. The molecular formula is C19H34N2S. The van der Waals surface area contributed by atoms with Gasteiger partial charge in [0, 0.05) is 11.6 Å². The van der Waals surface area contributed by atoms with Crippen molar-refractivity contribution in [3.05, 3.63) is 0 Å². The van der Waals surface area contributed by atoms with E-state index >= 15 is 0 Å². The molecule has 2 atom stereocenters. The molecule has 126 valence electrons. The molecule has 0 aromatic heterocycles. The van der Waals surface area contributed by atoms with Gasteiger partial charge in [-0.05, 0) is 80.8 Å². The Kier molecular flexibility index (Phi) is 5.01. The van der Waals surface area contributed by atoms with E-state index in [0.717, 1.165) is 28.8 Å². The molecule has 22 heavy (non-hydrogen) atoms. The van der Waals surface area contributed by atoms with Crippen molar-refractivity contribution < 1.29 is 0 Å². The standard InChI is InChI=1S/C19H34N2S/c1-4-15-10-13(3)11-16(5-2)17(15)20-18(22)21-19-8-6-14(12-19)7-9-19/h13-17H,4-12H2,1-3H3,(H2,20,21,22). The second kappa shape index (κ2) is 6.67. The predicted octanol–water partition coefficient (Wildman–Crippen LogP) is 4.63. The van der Waals surface area contributed by atoms with Gasteiger partial charge in [-0.15, -0.1) is 0 Å².